The van der Waals surface area contributed by atoms with Crippen molar-refractivity contribution in [2.24, 2.45) is 0 Å². The number of thiazole rings is 1. The molecule has 2 unspecified atom stereocenters. The number of ether oxygens (including phenoxy) is 1. The standard InChI is InChI=1S/C26H31ClN6O6S2/c1-15-10-20-21(13-28-15)40-24(29-20)26(36)33-5-4-32(14-17(33)12-22(34)31-6-8-39-9-7-31)41(37,38)25-23(35)18-11-16(27)2-3-19(18)30-25/h2-3,11,15,17,28,30,35H,4-10,12-14H2,1H3. The Morgan fingerprint density at radius 2 is 2.00 bits per heavy atom. The third-order valence-corrected chi connectivity index (χ3v) is 11.0. The number of piperazine rings is 1. The van der Waals surface area contributed by atoms with Crippen LogP contribution in [-0.4, -0.2) is 107 Å². The Morgan fingerprint density at radius 3 is 2.78 bits per heavy atom. The van der Waals surface area contributed by atoms with Crippen molar-refractivity contribution in [1.82, 2.24) is 29.4 Å². The van der Waals surface area contributed by atoms with Crippen molar-refractivity contribution < 1.29 is 27.9 Å². The van der Waals surface area contributed by atoms with Crippen LogP contribution < -0.4 is 5.32 Å². The summed E-state index contributed by atoms with van der Waals surface area (Å²) in [6.45, 7) is 4.42. The smallest absolute Gasteiger partial charge is 0.283 e. The monoisotopic (exact) mass is 622 g/mol. The summed E-state index contributed by atoms with van der Waals surface area (Å²) in [4.78, 5) is 38.8. The van der Waals surface area contributed by atoms with Gasteiger partial charge in [-0.15, -0.1) is 11.3 Å². The Kier molecular flexibility index (Phi) is 7.72. The van der Waals surface area contributed by atoms with E-state index >= 15 is 0 Å². The lowest BCUT2D eigenvalue weighted by atomic mass is 10.1. The molecule has 3 aliphatic rings. The highest BCUT2D eigenvalue weighted by Gasteiger charge is 2.41. The van der Waals surface area contributed by atoms with Crippen LogP contribution in [0.15, 0.2) is 23.2 Å². The summed E-state index contributed by atoms with van der Waals surface area (Å²) in [5, 5.41) is 14.8. The van der Waals surface area contributed by atoms with Gasteiger partial charge >= 0.3 is 0 Å². The Labute approximate surface area is 246 Å². The zero-order valence-electron chi connectivity index (χ0n) is 22.4. The van der Waals surface area contributed by atoms with E-state index in [1.54, 1.807) is 21.9 Å². The van der Waals surface area contributed by atoms with Crippen LogP contribution in [0.2, 0.25) is 5.02 Å². The minimum Gasteiger partial charge on any atom is -0.504 e. The molecule has 5 heterocycles. The molecule has 12 nitrogen and oxygen atoms in total. The van der Waals surface area contributed by atoms with Gasteiger partial charge in [0.2, 0.25) is 5.91 Å². The maximum atomic E-state index is 13.8. The number of nitrogens with zero attached hydrogens (tertiary/aromatic N) is 4. The van der Waals surface area contributed by atoms with Crippen molar-refractivity contribution in [1.29, 1.82) is 0 Å². The number of hydrogen-bond donors (Lipinski definition) is 3. The van der Waals surface area contributed by atoms with Crippen LogP contribution >= 0.6 is 22.9 Å². The molecule has 3 aliphatic heterocycles. The van der Waals surface area contributed by atoms with Gasteiger partial charge in [0.1, 0.15) is 0 Å². The molecular weight excluding hydrogens is 592 g/mol. The first-order chi connectivity index (χ1) is 19.6. The van der Waals surface area contributed by atoms with Gasteiger partial charge in [-0.05, 0) is 25.1 Å². The van der Waals surface area contributed by atoms with Crippen molar-refractivity contribution in [3.05, 3.63) is 38.8 Å². The molecule has 2 amide bonds. The average Bonchev–Trinajstić information content (AvgIpc) is 3.54. The summed E-state index contributed by atoms with van der Waals surface area (Å²) in [6.07, 6.45) is 0.680. The molecule has 1 aromatic carbocycles. The van der Waals surface area contributed by atoms with Crippen LogP contribution in [0.4, 0.5) is 0 Å². The Morgan fingerprint density at radius 1 is 1.22 bits per heavy atom. The van der Waals surface area contributed by atoms with Crippen molar-refractivity contribution >= 4 is 55.7 Å². The second kappa shape index (κ2) is 11.2. The van der Waals surface area contributed by atoms with Gasteiger partial charge in [-0.3, -0.25) is 9.59 Å². The predicted octanol–water partition coefficient (Wildman–Crippen LogP) is 1.78. The number of benzene rings is 1. The lowest BCUT2D eigenvalue weighted by Crippen LogP contribution is -2.58. The number of amides is 2. The molecule has 0 spiro atoms. The highest BCUT2D eigenvalue weighted by molar-refractivity contribution is 7.89. The molecule has 0 aliphatic carbocycles. The number of H-pyrrole nitrogens is 1. The van der Waals surface area contributed by atoms with Gasteiger partial charge in [0.15, 0.2) is 15.8 Å². The molecule has 6 rings (SSSR count). The number of morpholine rings is 1. The molecule has 0 saturated carbocycles. The van der Waals surface area contributed by atoms with E-state index in [1.165, 1.54) is 21.7 Å². The summed E-state index contributed by atoms with van der Waals surface area (Å²) in [7, 11) is -4.20. The molecule has 2 saturated heterocycles. The third kappa shape index (κ3) is 5.44. The van der Waals surface area contributed by atoms with Crippen LogP contribution in [0.1, 0.15) is 33.7 Å². The van der Waals surface area contributed by atoms with Gasteiger partial charge in [-0.25, -0.2) is 13.4 Å². The molecule has 3 aromatic rings. The van der Waals surface area contributed by atoms with Crippen LogP contribution in [0, 0.1) is 0 Å². The number of carbonyl (C=O) groups is 2. The van der Waals surface area contributed by atoms with Crippen molar-refractivity contribution in [3.8, 4) is 5.75 Å². The van der Waals surface area contributed by atoms with Crippen molar-refractivity contribution in [2.45, 2.75) is 43.4 Å². The fourth-order valence-electron chi connectivity index (χ4n) is 5.60. The van der Waals surface area contributed by atoms with Gasteiger partial charge in [-0.2, -0.15) is 4.31 Å². The summed E-state index contributed by atoms with van der Waals surface area (Å²) in [5.41, 5.74) is 1.33. The summed E-state index contributed by atoms with van der Waals surface area (Å²) >= 11 is 7.40. The number of fused-ring (bicyclic) bond motifs is 2. The molecule has 41 heavy (non-hydrogen) atoms. The first-order valence-electron chi connectivity index (χ1n) is 13.5. The number of hydrogen-bond acceptors (Lipinski definition) is 9. The Hall–Kier alpha value is -2.75. The molecule has 0 radical (unpaired) electrons. The number of rotatable bonds is 5. The number of halogens is 1. The summed E-state index contributed by atoms with van der Waals surface area (Å²) in [6, 6.07) is 4.23. The Balaban J connectivity index is 1.28. The summed E-state index contributed by atoms with van der Waals surface area (Å²) in [5.74, 6) is -0.898. The van der Waals surface area contributed by atoms with Gasteiger partial charge in [0, 0.05) is 73.4 Å². The highest BCUT2D eigenvalue weighted by Crippen LogP contribution is 2.36. The van der Waals surface area contributed by atoms with E-state index < -0.39 is 21.8 Å². The van der Waals surface area contributed by atoms with E-state index in [0.717, 1.165) is 17.0 Å². The van der Waals surface area contributed by atoms with Gasteiger partial charge < -0.3 is 29.9 Å². The van der Waals surface area contributed by atoms with Gasteiger partial charge in [0.05, 0.1) is 30.5 Å². The fourth-order valence-corrected chi connectivity index (χ4v) is 8.31. The third-order valence-electron chi connectivity index (χ3n) is 7.85. The maximum absolute atomic E-state index is 13.8. The predicted molar refractivity (Wildman–Crippen MR) is 153 cm³/mol. The second-order valence-corrected chi connectivity index (χ2v) is 14.0. The number of aromatic amines is 1. The van der Waals surface area contributed by atoms with Gasteiger partial charge in [0.25, 0.3) is 15.9 Å². The SMILES string of the molecule is CC1Cc2nc(C(=O)N3CCN(S(=O)(=O)c4[nH]c5ccc(Cl)cc5c4O)CC3CC(=O)N3CCOCC3)sc2CN1. The molecule has 2 aromatic heterocycles. The number of aromatic nitrogens is 2. The first-order valence-corrected chi connectivity index (χ1v) is 16.1. The highest BCUT2D eigenvalue weighted by atomic mass is 35.5. The maximum Gasteiger partial charge on any atom is 0.283 e. The van der Waals surface area contributed by atoms with Crippen LogP contribution in [-0.2, 0) is 32.5 Å². The molecule has 2 fully saturated rings. The van der Waals surface area contributed by atoms with Crippen LogP contribution in [0.5, 0.6) is 5.75 Å². The lowest BCUT2D eigenvalue weighted by Gasteiger charge is -2.41. The van der Waals surface area contributed by atoms with Gasteiger partial charge in [-0.1, -0.05) is 11.6 Å². The zero-order valence-corrected chi connectivity index (χ0v) is 24.8. The van der Waals surface area contributed by atoms with Crippen LogP contribution in [0.25, 0.3) is 10.9 Å². The summed E-state index contributed by atoms with van der Waals surface area (Å²) < 4.78 is 34.1. The minimum atomic E-state index is -4.20. The number of aromatic hydroxyl groups is 1. The minimum absolute atomic E-state index is 0.00441. The van der Waals surface area contributed by atoms with E-state index in [2.05, 4.69) is 22.2 Å². The number of nitrogens with one attached hydrogen (secondary N) is 2. The molecular formula is C26H31ClN6O6S2. The molecule has 15 heteroatoms. The fraction of sp³-hybridized carbons (Fsp3) is 0.500. The number of sulfonamides is 1. The molecule has 3 N–H and O–H groups in total. The molecule has 220 valence electrons. The quantitative estimate of drug-likeness (QED) is 0.390. The lowest BCUT2D eigenvalue weighted by molar-refractivity contribution is -0.136. The van der Waals surface area contributed by atoms with Crippen molar-refractivity contribution in [2.75, 3.05) is 45.9 Å². The Bertz CT molecular complexity index is 1600. The normalized spacial score (nSPS) is 22.2. The van der Waals surface area contributed by atoms with Crippen LogP contribution in [0.3, 0.4) is 0 Å². The van der Waals surface area contributed by atoms with Crippen molar-refractivity contribution in [3.63, 3.8) is 0 Å². The number of carbonyl (C=O) groups excluding carboxylic acids is 2. The molecule has 0 bridgehead atoms. The second-order valence-electron chi connectivity index (χ2n) is 10.6. The van der Waals surface area contributed by atoms with E-state index in [4.69, 9.17) is 16.3 Å². The molecule has 2 atom stereocenters. The van der Waals surface area contributed by atoms with E-state index in [0.29, 0.717) is 53.8 Å². The average molecular weight is 623 g/mol. The van der Waals surface area contributed by atoms with E-state index in [1.807, 2.05) is 0 Å². The van der Waals surface area contributed by atoms with E-state index in [-0.39, 0.29) is 48.9 Å². The largest absolute Gasteiger partial charge is 0.504 e. The van der Waals surface area contributed by atoms with E-state index in [9.17, 15) is 23.1 Å². The zero-order chi connectivity index (χ0) is 28.9. The topological polar surface area (TPSA) is 148 Å². The first kappa shape index (κ1) is 28.4.